The number of amidine groups is 1. The molecule has 6 aromatic carbocycles. The van der Waals surface area contributed by atoms with Crippen molar-refractivity contribution in [3.63, 3.8) is 0 Å². The summed E-state index contributed by atoms with van der Waals surface area (Å²) in [5, 5.41) is 2.54. The maximum Gasteiger partial charge on any atom is 0.155 e. The molecule has 0 fully saturated rings. The minimum absolute atomic E-state index is 0.545. The van der Waals surface area contributed by atoms with E-state index in [0.29, 0.717) is 6.54 Å². The smallest absolute Gasteiger partial charge is 0.155 e. The Bertz CT molecular complexity index is 2030. The Morgan fingerprint density at radius 3 is 1.77 bits per heavy atom. The van der Waals surface area contributed by atoms with Crippen molar-refractivity contribution in [1.29, 1.82) is 0 Å². The average molecular weight is 554 g/mol. The summed E-state index contributed by atoms with van der Waals surface area (Å²) in [6.07, 6.45) is 0. The van der Waals surface area contributed by atoms with E-state index >= 15 is 0 Å². The van der Waals surface area contributed by atoms with Gasteiger partial charge in [0, 0.05) is 27.7 Å². The molecule has 206 valence electrons. The summed E-state index contributed by atoms with van der Waals surface area (Å²) >= 11 is 0. The number of fused-ring (bicyclic) bond motifs is 3. The van der Waals surface area contributed by atoms with Gasteiger partial charge in [-0.1, -0.05) is 127 Å². The van der Waals surface area contributed by atoms with E-state index in [2.05, 4.69) is 126 Å². The van der Waals surface area contributed by atoms with Gasteiger partial charge in [0.1, 0.15) is 0 Å². The Labute approximate surface area is 252 Å². The molecule has 0 aliphatic heterocycles. The van der Waals surface area contributed by atoms with Crippen LogP contribution in [-0.2, 0) is 6.54 Å². The summed E-state index contributed by atoms with van der Waals surface area (Å²) < 4.78 is 2.35. The second-order valence-corrected chi connectivity index (χ2v) is 10.7. The molecule has 0 atom stereocenters. The number of aliphatic imine (C=N–C) groups is 2. The van der Waals surface area contributed by atoms with Gasteiger partial charge in [-0.3, -0.25) is 4.99 Å². The molecule has 0 saturated carbocycles. The summed E-state index contributed by atoms with van der Waals surface area (Å²) in [6, 6.07) is 55.2. The van der Waals surface area contributed by atoms with E-state index in [1.165, 1.54) is 32.9 Å². The molecule has 0 radical (unpaired) electrons. The molecule has 0 aliphatic carbocycles. The number of rotatable bonds is 6. The lowest BCUT2D eigenvalue weighted by atomic mass is 10.0. The summed E-state index contributed by atoms with van der Waals surface area (Å²) in [5.74, 6) is 0.739. The van der Waals surface area contributed by atoms with E-state index in [-0.39, 0.29) is 0 Å². The molecular weight excluding hydrogens is 522 g/mol. The number of hydrogen-bond donors (Lipinski definition) is 0. The van der Waals surface area contributed by atoms with Gasteiger partial charge in [-0.15, -0.1) is 0 Å². The molecule has 0 N–H and O–H groups in total. The van der Waals surface area contributed by atoms with Crippen LogP contribution in [0.25, 0.3) is 38.6 Å². The largest absolute Gasteiger partial charge is 0.309 e. The fourth-order valence-corrected chi connectivity index (χ4v) is 5.70. The highest BCUT2D eigenvalue weighted by molar-refractivity contribution is 6.11. The van der Waals surface area contributed by atoms with Crippen LogP contribution in [0.2, 0.25) is 0 Å². The zero-order valence-corrected chi connectivity index (χ0v) is 24.1. The van der Waals surface area contributed by atoms with Gasteiger partial charge in [-0.2, -0.15) is 0 Å². The van der Waals surface area contributed by atoms with E-state index in [0.717, 1.165) is 33.9 Å². The van der Waals surface area contributed by atoms with E-state index < -0.39 is 0 Å². The SMILES string of the molecule is C/C(=N\C(=N/Cc1cccc(-c2ccc(-n3c4ccccc4c4ccccc43)cc2)c1)c1ccccc1)c1ccccc1. The van der Waals surface area contributed by atoms with E-state index in [9.17, 15) is 0 Å². The topological polar surface area (TPSA) is 29.6 Å². The van der Waals surface area contributed by atoms with Gasteiger partial charge >= 0.3 is 0 Å². The van der Waals surface area contributed by atoms with Gasteiger partial charge in [0.25, 0.3) is 0 Å². The zero-order valence-electron chi connectivity index (χ0n) is 24.1. The van der Waals surface area contributed by atoms with Crippen molar-refractivity contribution in [2.24, 2.45) is 9.98 Å². The van der Waals surface area contributed by atoms with Crippen LogP contribution in [0, 0.1) is 0 Å². The van der Waals surface area contributed by atoms with Crippen molar-refractivity contribution in [1.82, 2.24) is 4.57 Å². The molecule has 7 aromatic rings. The second-order valence-electron chi connectivity index (χ2n) is 10.7. The molecule has 1 aromatic heterocycles. The highest BCUT2D eigenvalue weighted by Crippen LogP contribution is 2.32. The summed E-state index contributed by atoms with van der Waals surface area (Å²) in [4.78, 5) is 9.95. The maximum atomic E-state index is 5.00. The summed E-state index contributed by atoms with van der Waals surface area (Å²) in [5.41, 5.74) is 10.1. The predicted molar refractivity (Wildman–Crippen MR) is 182 cm³/mol. The van der Waals surface area contributed by atoms with Crippen molar-refractivity contribution < 1.29 is 0 Å². The normalized spacial score (nSPS) is 12.2. The minimum atomic E-state index is 0.545. The first kappa shape index (κ1) is 26.4. The molecule has 3 nitrogen and oxygen atoms in total. The van der Waals surface area contributed by atoms with Crippen molar-refractivity contribution in [3.05, 3.63) is 174 Å². The molecule has 0 unspecified atom stereocenters. The van der Waals surface area contributed by atoms with Crippen LogP contribution < -0.4 is 0 Å². The molecule has 0 saturated heterocycles. The third kappa shape index (κ3) is 5.41. The van der Waals surface area contributed by atoms with E-state index in [1.807, 2.05) is 43.3 Å². The van der Waals surface area contributed by atoms with Crippen molar-refractivity contribution in [2.45, 2.75) is 13.5 Å². The van der Waals surface area contributed by atoms with Crippen LogP contribution in [0.15, 0.2) is 168 Å². The van der Waals surface area contributed by atoms with Crippen LogP contribution in [0.3, 0.4) is 0 Å². The van der Waals surface area contributed by atoms with Crippen molar-refractivity contribution >= 4 is 33.4 Å². The second kappa shape index (κ2) is 11.8. The van der Waals surface area contributed by atoms with E-state index in [1.54, 1.807) is 0 Å². The lowest BCUT2D eigenvalue weighted by molar-refractivity contribution is 1.06. The standard InChI is InChI=1S/C40H31N3/c1-29(31-14-4-2-5-15-31)42-40(33-16-6-3-7-17-33)41-28-30-13-12-18-34(27-30)32-23-25-35(26-24-32)43-38-21-10-8-19-36(38)37-20-9-11-22-39(37)43/h2-27H,28H2,1H3/b41-40-,42-29+. The highest BCUT2D eigenvalue weighted by atomic mass is 15.0. The van der Waals surface area contributed by atoms with Crippen molar-refractivity contribution in [2.75, 3.05) is 0 Å². The molecule has 1 heterocycles. The summed E-state index contributed by atoms with van der Waals surface area (Å²) in [6.45, 7) is 2.58. The lowest BCUT2D eigenvalue weighted by Gasteiger charge is -2.10. The summed E-state index contributed by atoms with van der Waals surface area (Å²) in [7, 11) is 0. The first-order chi connectivity index (χ1) is 21.2. The molecule has 3 heteroatoms. The van der Waals surface area contributed by atoms with Gasteiger partial charge in [0.15, 0.2) is 5.84 Å². The number of nitrogens with zero attached hydrogens (tertiary/aromatic N) is 3. The van der Waals surface area contributed by atoms with Crippen molar-refractivity contribution in [3.8, 4) is 16.8 Å². The molecule has 7 rings (SSSR count). The first-order valence-electron chi connectivity index (χ1n) is 14.6. The number of para-hydroxylation sites is 2. The number of hydrogen-bond acceptors (Lipinski definition) is 1. The first-order valence-corrected chi connectivity index (χ1v) is 14.6. The molecule has 0 bridgehead atoms. The van der Waals surface area contributed by atoms with Crippen LogP contribution in [0.4, 0.5) is 0 Å². The van der Waals surface area contributed by atoms with Crippen LogP contribution in [0.1, 0.15) is 23.6 Å². The Balaban J connectivity index is 1.19. The van der Waals surface area contributed by atoms with Gasteiger partial charge < -0.3 is 4.57 Å². The number of benzene rings is 6. The van der Waals surface area contributed by atoms with E-state index in [4.69, 9.17) is 9.98 Å². The van der Waals surface area contributed by atoms with Gasteiger partial charge in [-0.25, -0.2) is 4.99 Å². The average Bonchev–Trinajstić information content (AvgIpc) is 3.42. The van der Waals surface area contributed by atoms with Crippen LogP contribution >= 0.6 is 0 Å². The molecular formula is C40H31N3. The van der Waals surface area contributed by atoms with Gasteiger partial charge in [0.05, 0.1) is 17.6 Å². The zero-order chi connectivity index (χ0) is 29.0. The lowest BCUT2D eigenvalue weighted by Crippen LogP contribution is -2.04. The van der Waals surface area contributed by atoms with Crippen LogP contribution in [0.5, 0.6) is 0 Å². The number of aromatic nitrogens is 1. The predicted octanol–water partition coefficient (Wildman–Crippen LogP) is 9.91. The highest BCUT2D eigenvalue weighted by Gasteiger charge is 2.11. The Morgan fingerprint density at radius 2 is 1.12 bits per heavy atom. The van der Waals surface area contributed by atoms with Gasteiger partial charge in [0.2, 0.25) is 0 Å². The molecule has 0 aliphatic rings. The third-order valence-electron chi connectivity index (χ3n) is 7.87. The Hall–Kier alpha value is -5.54. The maximum absolute atomic E-state index is 5.00. The monoisotopic (exact) mass is 553 g/mol. The molecule has 0 spiro atoms. The molecule has 43 heavy (non-hydrogen) atoms. The van der Waals surface area contributed by atoms with Crippen LogP contribution in [-0.4, -0.2) is 16.1 Å². The Morgan fingerprint density at radius 1 is 0.535 bits per heavy atom. The minimum Gasteiger partial charge on any atom is -0.309 e. The fraction of sp³-hybridized carbons (Fsp3) is 0.0500. The fourth-order valence-electron chi connectivity index (χ4n) is 5.70. The van der Waals surface area contributed by atoms with Gasteiger partial charge in [-0.05, 0) is 59.5 Å². The Kier molecular flexibility index (Phi) is 7.21. The quantitative estimate of drug-likeness (QED) is 0.145. The third-order valence-corrected chi connectivity index (χ3v) is 7.87. The molecule has 0 amide bonds.